The molecule has 0 N–H and O–H groups in total. The van der Waals surface area contributed by atoms with Crippen molar-refractivity contribution in [3.8, 4) is 0 Å². The third-order valence-electron chi connectivity index (χ3n) is 2.45. The highest BCUT2D eigenvalue weighted by Crippen LogP contribution is 2.30. The lowest BCUT2D eigenvalue weighted by Crippen LogP contribution is -2.02. The van der Waals surface area contributed by atoms with Crippen LogP contribution in [0.25, 0.3) is 0 Å². The number of hydrogen-bond acceptors (Lipinski definition) is 0. The van der Waals surface area contributed by atoms with Gasteiger partial charge in [0, 0.05) is 5.41 Å². The zero-order valence-corrected chi connectivity index (χ0v) is 9.30. The van der Waals surface area contributed by atoms with E-state index in [1.807, 2.05) is 12.2 Å². The van der Waals surface area contributed by atoms with Crippen LogP contribution in [0.2, 0.25) is 0 Å². The largest absolute Gasteiger partial charge is 0.0985 e. The van der Waals surface area contributed by atoms with Gasteiger partial charge in [-0.2, -0.15) is 0 Å². The summed E-state index contributed by atoms with van der Waals surface area (Å²) in [6, 6.07) is 0. The predicted octanol–water partition coefficient (Wildman–Crippen LogP) is 4.20. The number of allylic oxidation sites excluding steroid dienone is 8. The van der Waals surface area contributed by atoms with Crippen LogP contribution >= 0.6 is 0 Å². The summed E-state index contributed by atoms with van der Waals surface area (Å²) in [7, 11) is 0. The maximum atomic E-state index is 3.85. The molecule has 0 heteroatoms. The Balaban J connectivity index is 3.33. The summed E-state index contributed by atoms with van der Waals surface area (Å²) in [4.78, 5) is 0. The first-order valence-corrected chi connectivity index (χ1v) is 4.88. The molecule has 14 heavy (non-hydrogen) atoms. The lowest BCUT2D eigenvalue weighted by molar-refractivity contribution is 0.624. The summed E-state index contributed by atoms with van der Waals surface area (Å²) in [6.45, 7) is 14.2. The second-order valence-electron chi connectivity index (χ2n) is 4.26. The van der Waals surface area contributed by atoms with E-state index in [1.165, 1.54) is 16.7 Å². The van der Waals surface area contributed by atoms with E-state index in [9.17, 15) is 0 Å². The Morgan fingerprint density at radius 2 is 1.86 bits per heavy atom. The van der Waals surface area contributed by atoms with Gasteiger partial charge in [0.15, 0.2) is 0 Å². The van der Waals surface area contributed by atoms with Crippen molar-refractivity contribution < 1.29 is 0 Å². The smallest absolute Gasteiger partial charge is 0.00168 e. The van der Waals surface area contributed by atoms with Crippen LogP contribution in [-0.2, 0) is 0 Å². The van der Waals surface area contributed by atoms with Crippen LogP contribution in [0.5, 0.6) is 0 Å². The van der Waals surface area contributed by atoms with Crippen molar-refractivity contribution in [3.63, 3.8) is 0 Å². The van der Waals surface area contributed by atoms with Gasteiger partial charge in [0.25, 0.3) is 0 Å². The summed E-state index contributed by atoms with van der Waals surface area (Å²) >= 11 is 0. The van der Waals surface area contributed by atoms with Crippen LogP contribution < -0.4 is 0 Å². The fourth-order valence-electron chi connectivity index (χ4n) is 1.63. The standard InChI is InChI=1S/C14H18/c1-6-12-10-14(4,5)9-8-11(3)13(12)7-2/h6-10H,1-2H2,3-5H3. The zero-order valence-electron chi connectivity index (χ0n) is 9.30. The Morgan fingerprint density at radius 1 is 1.21 bits per heavy atom. The van der Waals surface area contributed by atoms with Crippen molar-refractivity contribution >= 4 is 0 Å². The van der Waals surface area contributed by atoms with Crippen LogP contribution in [-0.4, -0.2) is 0 Å². The quantitative estimate of drug-likeness (QED) is 0.606. The fourth-order valence-corrected chi connectivity index (χ4v) is 1.63. The van der Waals surface area contributed by atoms with E-state index >= 15 is 0 Å². The van der Waals surface area contributed by atoms with Gasteiger partial charge in [-0.1, -0.05) is 57.4 Å². The van der Waals surface area contributed by atoms with Crippen molar-refractivity contribution in [1.82, 2.24) is 0 Å². The van der Waals surface area contributed by atoms with E-state index in [2.05, 4.69) is 52.2 Å². The first kappa shape index (κ1) is 10.8. The van der Waals surface area contributed by atoms with E-state index in [1.54, 1.807) is 0 Å². The normalized spacial score (nSPS) is 20.1. The molecule has 0 saturated heterocycles. The molecule has 0 spiro atoms. The fraction of sp³-hybridized carbons (Fsp3) is 0.286. The molecule has 0 aliphatic heterocycles. The first-order valence-electron chi connectivity index (χ1n) is 4.88. The molecule has 1 rings (SSSR count). The highest BCUT2D eigenvalue weighted by atomic mass is 14.2. The predicted molar refractivity (Wildman–Crippen MR) is 64.1 cm³/mol. The third kappa shape index (κ3) is 2.14. The molecule has 0 aromatic heterocycles. The summed E-state index contributed by atoms with van der Waals surface area (Å²) in [5.41, 5.74) is 3.70. The zero-order chi connectivity index (χ0) is 10.8. The summed E-state index contributed by atoms with van der Waals surface area (Å²) < 4.78 is 0. The Morgan fingerprint density at radius 3 is 2.36 bits per heavy atom. The van der Waals surface area contributed by atoms with Gasteiger partial charge >= 0.3 is 0 Å². The average Bonchev–Trinajstić information content (AvgIpc) is 2.24. The molecular weight excluding hydrogens is 168 g/mol. The molecule has 0 aromatic rings. The van der Waals surface area contributed by atoms with E-state index < -0.39 is 0 Å². The molecule has 0 amide bonds. The van der Waals surface area contributed by atoms with E-state index in [4.69, 9.17) is 0 Å². The highest BCUT2D eigenvalue weighted by molar-refractivity contribution is 5.53. The SMILES string of the molecule is C=CC1=CC(C)(C)C=CC(C)=C1C=C. The van der Waals surface area contributed by atoms with Crippen molar-refractivity contribution in [2.75, 3.05) is 0 Å². The van der Waals surface area contributed by atoms with Crippen LogP contribution in [0.15, 0.2) is 60.3 Å². The Labute approximate surface area is 87.0 Å². The van der Waals surface area contributed by atoms with E-state index in [0.717, 1.165) is 0 Å². The van der Waals surface area contributed by atoms with Crippen molar-refractivity contribution in [2.45, 2.75) is 20.8 Å². The lowest BCUT2D eigenvalue weighted by atomic mass is 9.90. The molecule has 0 heterocycles. The van der Waals surface area contributed by atoms with Gasteiger partial charge in [-0.15, -0.1) is 0 Å². The van der Waals surface area contributed by atoms with Gasteiger partial charge in [0.05, 0.1) is 0 Å². The monoisotopic (exact) mass is 186 g/mol. The first-order chi connectivity index (χ1) is 6.50. The molecule has 0 bridgehead atoms. The highest BCUT2D eigenvalue weighted by Gasteiger charge is 2.15. The molecule has 0 saturated carbocycles. The lowest BCUT2D eigenvalue weighted by Gasteiger charge is -2.14. The Kier molecular flexibility index (Phi) is 2.95. The molecule has 0 aromatic carbocycles. The number of hydrogen-bond donors (Lipinski definition) is 0. The van der Waals surface area contributed by atoms with Crippen molar-refractivity contribution in [3.05, 3.63) is 60.3 Å². The Hall–Kier alpha value is -1.30. The van der Waals surface area contributed by atoms with Crippen LogP contribution in [0.1, 0.15) is 20.8 Å². The van der Waals surface area contributed by atoms with Crippen molar-refractivity contribution in [1.29, 1.82) is 0 Å². The summed E-state index contributed by atoms with van der Waals surface area (Å²) in [6.07, 6.45) is 10.4. The van der Waals surface area contributed by atoms with Gasteiger partial charge in [-0.3, -0.25) is 0 Å². The molecule has 74 valence electrons. The number of rotatable bonds is 2. The molecule has 1 aliphatic rings. The Bertz CT molecular complexity index is 346. The van der Waals surface area contributed by atoms with Gasteiger partial charge in [-0.05, 0) is 23.6 Å². The van der Waals surface area contributed by atoms with Crippen LogP contribution in [0.3, 0.4) is 0 Å². The minimum atomic E-state index is 0.0928. The molecule has 0 nitrogen and oxygen atoms in total. The van der Waals surface area contributed by atoms with Crippen LogP contribution in [0.4, 0.5) is 0 Å². The second kappa shape index (κ2) is 3.83. The molecular formula is C14H18. The molecule has 1 aliphatic carbocycles. The van der Waals surface area contributed by atoms with Crippen LogP contribution in [0, 0.1) is 5.41 Å². The minimum Gasteiger partial charge on any atom is -0.0985 e. The third-order valence-corrected chi connectivity index (χ3v) is 2.45. The molecule has 0 fully saturated rings. The molecule has 0 radical (unpaired) electrons. The summed E-state index contributed by atoms with van der Waals surface area (Å²) in [5.74, 6) is 0. The summed E-state index contributed by atoms with van der Waals surface area (Å²) in [5, 5.41) is 0. The topological polar surface area (TPSA) is 0 Å². The van der Waals surface area contributed by atoms with Crippen molar-refractivity contribution in [2.24, 2.45) is 5.41 Å². The van der Waals surface area contributed by atoms with E-state index in [-0.39, 0.29) is 5.41 Å². The maximum Gasteiger partial charge on any atom is 0.00168 e. The van der Waals surface area contributed by atoms with Gasteiger partial charge in [0.1, 0.15) is 0 Å². The van der Waals surface area contributed by atoms with Gasteiger partial charge in [0.2, 0.25) is 0 Å². The average molecular weight is 186 g/mol. The van der Waals surface area contributed by atoms with Gasteiger partial charge < -0.3 is 0 Å². The second-order valence-corrected chi connectivity index (χ2v) is 4.26. The van der Waals surface area contributed by atoms with Gasteiger partial charge in [-0.25, -0.2) is 0 Å². The minimum absolute atomic E-state index is 0.0928. The molecule has 0 unspecified atom stereocenters. The van der Waals surface area contributed by atoms with E-state index in [0.29, 0.717) is 0 Å². The maximum absolute atomic E-state index is 3.85. The molecule has 0 atom stereocenters.